The van der Waals surface area contributed by atoms with Gasteiger partial charge in [0, 0.05) is 23.0 Å². The molecule has 2 aromatic rings. The van der Waals surface area contributed by atoms with Crippen molar-refractivity contribution in [2.24, 2.45) is 5.92 Å². The van der Waals surface area contributed by atoms with Crippen molar-refractivity contribution in [3.05, 3.63) is 64.7 Å². The fraction of sp³-hybridized carbons (Fsp3) is 0.333. The summed E-state index contributed by atoms with van der Waals surface area (Å²) in [5.41, 5.74) is 2.39. The van der Waals surface area contributed by atoms with Crippen LogP contribution >= 0.6 is 11.6 Å². The Morgan fingerprint density at radius 2 is 1.81 bits per heavy atom. The fourth-order valence-corrected chi connectivity index (χ4v) is 3.57. The summed E-state index contributed by atoms with van der Waals surface area (Å²) >= 11 is 5.97. The Balaban J connectivity index is 1.90. The topological polar surface area (TPSA) is 55.4 Å². The Labute approximate surface area is 158 Å². The van der Waals surface area contributed by atoms with Gasteiger partial charge in [0.25, 0.3) is 0 Å². The van der Waals surface area contributed by atoms with E-state index >= 15 is 0 Å². The summed E-state index contributed by atoms with van der Waals surface area (Å²) in [4.78, 5) is 24.2. The van der Waals surface area contributed by atoms with Crippen LogP contribution in [0.1, 0.15) is 47.6 Å². The van der Waals surface area contributed by atoms with E-state index in [9.17, 15) is 9.59 Å². The summed E-state index contributed by atoms with van der Waals surface area (Å²) in [5, 5.41) is 4.16. The number of hydrogen-bond donors (Lipinski definition) is 1. The zero-order valence-corrected chi connectivity index (χ0v) is 15.5. The van der Waals surface area contributed by atoms with Crippen molar-refractivity contribution >= 4 is 29.0 Å². The van der Waals surface area contributed by atoms with Gasteiger partial charge in [0.05, 0.1) is 18.7 Å². The minimum atomic E-state index is -0.368. The summed E-state index contributed by atoms with van der Waals surface area (Å²) < 4.78 is 4.76. The summed E-state index contributed by atoms with van der Waals surface area (Å²) in [6.07, 6.45) is 3.51. The van der Waals surface area contributed by atoms with Crippen molar-refractivity contribution < 1.29 is 14.3 Å². The maximum atomic E-state index is 12.5. The molecule has 0 aromatic heterocycles. The van der Waals surface area contributed by atoms with E-state index in [1.54, 1.807) is 12.1 Å². The number of hydrogen-bond acceptors (Lipinski definition) is 4. The quantitative estimate of drug-likeness (QED) is 0.748. The van der Waals surface area contributed by atoms with Crippen molar-refractivity contribution in [1.82, 2.24) is 0 Å². The van der Waals surface area contributed by atoms with Crippen LogP contribution in [0.4, 0.5) is 5.69 Å². The number of ether oxygens (including phenoxy) is 1. The van der Waals surface area contributed by atoms with Crippen LogP contribution in [0.2, 0.25) is 5.02 Å². The molecule has 1 fully saturated rings. The van der Waals surface area contributed by atoms with Crippen LogP contribution in [-0.2, 0) is 9.53 Å². The van der Waals surface area contributed by atoms with E-state index in [2.05, 4.69) is 5.32 Å². The number of esters is 1. The smallest absolute Gasteiger partial charge is 0.337 e. The third-order valence-electron chi connectivity index (χ3n) is 4.86. The van der Waals surface area contributed by atoms with Crippen LogP contribution in [-0.4, -0.2) is 18.9 Å². The molecule has 26 heavy (non-hydrogen) atoms. The van der Waals surface area contributed by atoms with Crippen LogP contribution < -0.4 is 5.32 Å². The first-order valence-corrected chi connectivity index (χ1v) is 9.19. The van der Waals surface area contributed by atoms with E-state index in [0.717, 1.165) is 30.5 Å². The predicted octanol–water partition coefficient (Wildman–Crippen LogP) is 5.04. The predicted molar refractivity (Wildman–Crippen MR) is 103 cm³/mol. The van der Waals surface area contributed by atoms with Gasteiger partial charge in [-0.25, -0.2) is 4.79 Å². The molecule has 2 atom stereocenters. The third kappa shape index (κ3) is 4.25. The molecule has 5 heteroatoms. The maximum Gasteiger partial charge on any atom is 0.337 e. The monoisotopic (exact) mass is 371 g/mol. The van der Waals surface area contributed by atoms with Gasteiger partial charge in [-0.2, -0.15) is 0 Å². The van der Waals surface area contributed by atoms with Crippen LogP contribution in [0, 0.1) is 5.92 Å². The third-order valence-corrected chi connectivity index (χ3v) is 5.11. The van der Waals surface area contributed by atoms with Crippen LogP contribution in [0.5, 0.6) is 0 Å². The largest absolute Gasteiger partial charge is 0.465 e. The normalized spacial score (nSPS) is 18.2. The first-order chi connectivity index (χ1) is 12.6. The zero-order chi connectivity index (χ0) is 18.5. The summed E-state index contributed by atoms with van der Waals surface area (Å²) in [6.45, 7) is 0. The highest BCUT2D eigenvalue weighted by Gasteiger charge is 2.31. The fourth-order valence-electron chi connectivity index (χ4n) is 3.45. The molecular weight excluding hydrogens is 350 g/mol. The number of ketones is 1. The Morgan fingerprint density at radius 3 is 2.42 bits per heavy atom. The van der Waals surface area contributed by atoms with Gasteiger partial charge >= 0.3 is 5.97 Å². The van der Waals surface area contributed by atoms with E-state index < -0.39 is 0 Å². The van der Waals surface area contributed by atoms with Gasteiger partial charge in [-0.05, 0) is 54.8 Å². The SMILES string of the molecule is COC(=O)c1ccc([C@H](Nc2ccc(Cl)cc2)C2CCCCC2=O)cc1. The lowest BCUT2D eigenvalue weighted by Crippen LogP contribution is -2.30. The molecule has 2 aromatic carbocycles. The molecule has 0 radical (unpaired) electrons. The number of rotatable bonds is 5. The van der Waals surface area contributed by atoms with Gasteiger partial charge in [-0.15, -0.1) is 0 Å². The molecule has 0 bridgehead atoms. The average molecular weight is 372 g/mol. The van der Waals surface area contributed by atoms with Gasteiger partial charge in [-0.3, -0.25) is 4.79 Å². The Kier molecular flexibility index (Phi) is 5.94. The van der Waals surface area contributed by atoms with Gasteiger partial charge in [0.2, 0.25) is 0 Å². The number of nitrogens with one attached hydrogen (secondary N) is 1. The molecule has 1 aliphatic rings. The Hall–Kier alpha value is -2.33. The van der Waals surface area contributed by atoms with Crippen molar-refractivity contribution in [2.45, 2.75) is 31.7 Å². The molecule has 0 amide bonds. The molecule has 0 aliphatic heterocycles. The molecule has 1 saturated carbocycles. The number of anilines is 1. The van der Waals surface area contributed by atoms with Crippen molar-refractivity contribution in [3.63, 3.8) is 0 Å². The number of methoxy groups -OCH3 is 1. The lowest BCUT2D eigenvalue weighted by Gasteiger charge is -2.31. The Morgan fingerprint density at radius 1 is 1.12 bits per heavy atom. The molecule has 0 saturated heterocycles. The van der Waals surface area contributed by atoms with Crippen LogP contribution in [0.3, 0.4) is 0 Å². The first-order valence-electron chi connectivity index (χ1n) is 8.81. The minimum absolute atomic E-state index is 0.0802. The second-order valence-electron chi connectivity index (χ2n) is 6.56. The van der Waals surface area contributed by atoms with E-state index in [4.69, 9.17) is 16.3 Å². The standard InChI is InChI=1S/C21H22ClNO3/c1-26-21(25)15-8-6-14(7-9-15)20(18-4-2-3-5-19(18)24)23-17-12-10-16(22)11-13-17/h6-13,18,20,23H,2-5H2,1H3/t18?,20-/m0/s1. The lowest BCUT2D eigenvalue weighted by molar-refractivity contribution is -0.125. The molecule has 3 rings (SSSR count). The van der Waals surface area contributed by atoms with Crippen molar-refractivity contribution in [2.75, 3.05) is 12.4 Å². The van der Waals surface area contributed by atoms with E-state index in [-0.39, 0.29) is 17.9 Å². The number of benzene rings is 2. The number of Topliss-reactive ketones (excluding diaryl/α,β-unsaturated/α-hetero) is 1. The summed E-state index contributed by atoms with van der Waals surface area (Å²) in [5.74, 6) is -0.157. The summed E-state index contributed by atoms with van der Waals surface area (Å²) in [7, 11) is 1.36. The van der Waals surface area contributed by atoms with Crippen LogP contribution in [0.25, 0.3) is 0 Å². The lowest BCUT2D eigenvalue weighted by atomic mass is 9.80. The zero-order valence-electron chi connectivity index (χ0n) is 14.7. The molecule has 1 N–H and O–H groups in total. The molecule has 1 aliphatic carbocycles. The summed E-state index contributed by atoms with van der Waals surface area (Å²) in [6, 6.07) is 14.6. The molecule has 136 valence electrons. The highest BCUT2D eigenvalue weighted by Crippen LogP contribution is 2.35. The van der Waals surface area contributed by atoms with Crippen LogP contribution in [0.15, 0.2) is 48.5 Å². The highest BCUT2D eigenvalue weighted by molar-refractivity contribution is 6.30. The van der Waals surface area contributed by atoms with Crippen molar-refractivity contribution in [1.29, 1.82) is 0 Å². The van der Waals surface area contributed by atoms with Crippen molar-refractivity contribution in [3.8, 4) is 0 Å². The van der Waals surface area contributed by atoms with E-state index in [1.165, 1.54) is 7.11 Å². The molecule has 1 unspecified atom stereocenters. The van der Waals surface area contributed by atoms with Gasteiger partial charge < -0.3 is 10.1 Å². The molecule has 0 heterocycles. The van der Waals surface area contributed by atoms with Gasteiger partial charge in [-0.1, -0.05) is 30.2 Å². The maximum absolute atomic E-state index is 12.5. The molecule has 4 nitrogen and oxygen atoms in total. The second kappa shape index (κ2) is 8.37. The number of carbonyl (C=O) groups is 2. The molecular formula is C21H22ClNO3. The Bertz CT molecular complexity index is 771. The average Bonchev–Trinajstić information content (AvgIpc) is 2.68. The second-order valence-corrected chi connectivity index (χ2v) is 7.00. The van der Waals surface area contributed by atoms with Gasteiger partial charge in [0.1, 0.15) is 5.78 Å². The highest BCUT2D eigenvalue weighted by atomic mass is 35.5. The number of halogens is 1. The van der Waals surface area contributed by atoms with E-state index in [1.807, 2.05) is 36.4 Å². The van der Waals surface area contributed by atoms with E-state index in [0.29, 0.717) is 22.8 Å². The first kappa shape index (κ1) is 18.5. The molecule has 0 spiro atoms. The minimum Gasteiger partial charge on any atom is -0.465 e. The number of carbonyl (C=O) groups excluding carboxylic acids is 2. The van der Waals surface area contributed by atoms with Gasteiger partial charge in [0.15, 0.2) is 0 Å².